The van der Waals surface area contributed by atoms with Crippen LogP contribution in [0.2, 0.25) is 0 Å². The van der Waals surface area contributed by atoms with Gasteiger partial charge in [0.25, 0.3) is 0 Å². The van der Waals surface area contributed by atoms with E-state index in [4.69, 9.17) is 5.73 Å². The van der Waals surface area contributed by atoms with Crippen molar-refractivity contribution < 1.29 is 4.79 Å². The summed E-state index contributed by atoms with van der Waals surface area (Å²) in [6, 6.07) is 5.72. The van der Waals surface area contributed by atoms with E-state index in [1.54, 1.807) is 6.07 Å². The molecule has 1 unspecified atom stereocenters. The van der Waals surface area contributed by atoms with Crippen molar-refractivity contribution in [3.63, 3.8) is 0 Å². The number of carbonyl (C=O) groups excluding carboxylic acids is 1. The molecule has 3 heteroatoms. The highest BCUT2D eigenvalue weighted by atomic mass is 16.1. The average Bonchev–Trinajstić information content (AvgIpc) is 2.87. The molecule has 1 aromatic carbocycles. The van der Waals surface area contributed by atoms with E-state index in [0.717, 1.165) is 24.3 Å². The zero-order chi connectivity index (χ0) is 15.4. The van der Waals surface area contributed by atoms with Gasteiger partial charge in [-0.05, 0) is 48.9 Å². The first kappa shape index (κ1) is 15.6. The second kappa shape index (κ2) is 6.79. The average molecular weight is 286 g/mol. The van der Waals surface area contributed by atoms with Crippen LogP contribution in [0.5, 0.6) is 0 Å². The van der Waals surface area contributed by atoms with E-state index >= 15 is 0 Å². The van der Waals surface area contributed by atoms with E-state index < -0.39 is 0 Å². The van der Waals surface area contributed by atoms with Crippen LogP contribution in [0.1, 0.15) is 61.6 Å². The minimum absolute atomic E-state index is 0.349. The van der Waals surface area contributed by atoms with Gasteiger partial charge in [0.1, 0.15) is 0 Å². The molecule has 1 aliphatic rings. The lowest BCUT2D eigenvalue weighted by atomic mass is 9.84. The van der Waals surface area contributed by atoms with Gasteiger partial charge in [0, 0.05) is 22.2 Å². The van der Waals surface area contributed by atoms with Crippen LogP contribution in [0.3, 0.4) is 0 Å². The van der Waals surface area contributed by atoms with Gasteiger partial charge in [0.15, 0.2) is 0 Å². The molecule has 3 rings (SSSR count). The third-order valence-electron chi connectivity index (χ3n) is 4.27. The second-order valence-corrected chi connectivity index (χ2v) is 5.60. The molecule has 0 aliphatic heterocycles. The molecule has 0 radical (unpaired) electrons. The number of primary amides is 1. The van der Waals surface area contributed by atoms with Crippen molar-refractivity contribution >= 4 is 16.8 Å². The molecular weight excluding hydrogens is 260 g/mol. The number of carbonyl (C=O) groups is 1. The molecule has 3 N–H and O–H groups in total. The molecule has 2 aromatic rings. The molecule has 3 nitrogen and oxygen atoms in total. The van der Waals surface area contributed by atoms with Crippen molar-refractivity contribution in [1.29, 1.82) is 0 Å². The number of aromatic nitrogens is 1. The number of amides is 1. The van der Waals surface area contributed by atoms with Gasteiger partial charge in [-0.1, -0.05) is 33.6 Å². The maximum absolute atomic E-state index is 11.3. The fourth-order valence-electron chi connectivity index (χ4n) is 3.30. The third-order valence-corrected chi connectivity index (χ3v) is 4.27. The largest absolute Gasteiger partial charge is 0.366 e. The van der Waals surface area contributed by atoms with Gasteiger partial charge in [-0.3, -0.25) is 4.79 Å². The molecule has 0 fully saturated rings. The van der Waals surface area contributed by atoms with Crippen LogP contribution >= 0.6 is 0 Å². The number of hydrogen-bond acceptors (Lipinski definition) is 1. The van der Waals surface area contributed by atoms with Gasteiger partial charge < -0.3 is 10.7 Å². The standard InChI is InChI=1S/C16H20N2O.C2H6/c1-2-3-10-4-6-14-12(8-10)13-9-11(16(17)19)5-7-15(13)18-14;1-2/h5,7,9-10,18H,2-4,6,8H2,1H3,(H2,17,19);1-2H3. The van der Waals surface area contributed by atoms with Crippen molar-refractivity contribution in [3.8, 4) is 0 Å². The Balaban J connectivity index is 0.000000774. The quantitative estimate of drug-likeness (QED) is 0.873. The zero-order valence-electron chi connectivity index (χ0n) is 13.3. The summed E-state index contributed by atoms with van der Waals surface area (Å²) in [7, 11) is 0. The minimum Gasteiger partial charge on any atom is -0.366 e. The lowest BCUT2D eigenvalue weighted by Gasteiger charge is -2.21. The monoisotopic (exact) mass is 286 g/mol. The summed E-state index contributed by atoms with van der Waals surface area (Å²) in [6.07, 6.45) is 6.07. The molecule has 21 heavy (non-hydrogen) atoms. The van der Waals surface area contributed by atoms with E-state index in [2.05, 4.69) is 11.9 Å². The molecular formula is C18H26N2O. The number of fused-ring (bicyclic) bond motifs is 3. The Morgan fingerprint density at radius 3 is 2.81 bits per heavy atom. The van der Waals surface area contributed by atoms with Crippen LogP contribution in [0, 0.1) is 5.92 Å². The Hall–Kier alpha value is -1.77. The molecule has 1 heterocycles. The molecule has 0 saturated heterocycles. The van der Waals surface area contributed by atoms with Crippen molar-refractivity contribution in [1.82, 2.24) is 4.98 Å². The van der Waals surface area contributed by atoms with Gasteiger partial charge in [-0.25, -0.2) is 0 Å². The maximum Gasteiger partial charge on any atom is 0.248 e. The highest BCUT2D eigenvalue weighted by Gasteiger charge is 2.22. The van der Waals surface area contributed by atoms with E-state index in [1.165, 1.54) is 35.9 Å². The van der Waals surface area contributed by atoms with Crippen molar-refractivity contribution in [2.75, 3.05) is 0 Å². The fourth-order valence-corrected chi connectivity index (χ4v) is 3.30. The highest BCUT2D eigenvalue weighted by Crippen LogP contribution is 2.33. The highest BCUT2D eigenvalue weighted by molar-refractivity contribution is 5.98. The molecule has 1 aliphatic carbocycles. The van der Waals surface area contributed by atoms with Gasteiger partial charge >= 0.3 is 0 Å². The van der Waals surface area contributed by atoms with Crippen LogP contribution in [0.15, 0.2) is 18.2 Å². The zero-order valence-corrected chi connectivity index (χ0v) is 13.3. The molecule has 0 bridgehead atoms. The molecule has 114 valence electrons. The second-order valence-electron chi connectivity index (χ2n) is 5.60. The summed E-state index contributed by atoms with van der Waals surface area (Å²) in [5, 5.41) is 1.19. The van der Waals surface area contributed by atoms with E-state index in [9.17, 15) is 4.79 Å². The lowest BCUT2D eigenvalue weighted by molar-refractivity contribution is 0.100. The SMILES string of the molecule is CC.CCCC1CCc2[nH]c3ccc(C(N)=O)cc3c2C1. The van der Waals surface area contributed by atoms with Crippen molar-refractivity contribution in [2.45, 2.75) is 52.9 Å². The van der Waals surface area contributed by atoms with E-state index in [1.807, 2.05) is 26.0 Å². The van der Waals surface area contributed by atoms with Crippen molar-refractivity contribution in [3.05, 3.63) is 35.0 Å². The normalized spacial score (nSPS) is 17.0. The van der Waals surface area contributed by atoms with Crippen LogP contribution in [-0.2, 0) is 12.8 Å². The summed E-state index contributed by atoms with van der Waals surface area (Å²) in [6.45, 7) is 6.25. The number of H-pyrrole nitrogens is 1. The van der Waals surface area contributed by atoms with Crippen LogP contribution < -0.4 is 5.73 Å². The predicted octanol–water partition coefficient (Wildman–Crippen LogP) is 4.20. The van der Waals surface area contributed by atoms with Crippen LogP contribution in [-0.4, -0.2) is 10.9 Å². The molecule has 1 amide bonds. The number of rotatable bonds is 3. The maximum atomic E-state index is 11.3. The van der Waals surface area contributed by atoms with Crippen molar-refractivity contribution in [2.24, 2.45) is 11.7 Å². The molecule has 0 spiro atoms. The Labute approximate surface area is 126 Å². The third kappa shape index (κ3) is 3.12. The Bertz CT molecular complexity index is 627. The smallest absolute Gasteiger partial charge is 0.248 e. The summed E-state index contributed by atoms with van der Waals surface area (Å²) in [5.41, 5.74) is 9.87. The summed E-state index contributed by atoms with van der Waals surface area (Å²) >= 11 is 0. The fraction of sp³-hybridized carbons (Fsp3) is 0.500. The van der Waals surface area contributed by atoms with Crippen LogP contribution in [0.25, 0.3) is 10.9 Å². The first-order chi connectivity index (χ1) is 10.2. The first-order valence-corrected chi connectivity index (χ1v) is 8.12. The van der Waals surface area contributed by atoms with Gasteiger partial charge in [-0.15, -0.1) is 0 Å². The Kier molecular flexibility index (Phi) is 5.05. The Morgan fingerprint density at radius 2 is 2.14 bits per heavy atom. The summed E-state index contributed by atoms with van der Waals surface area (Å²) in [5.74, 6) is 0.437. The topological polar surface area (TPSA) is 58.9 Å². The Morgan fingerprint density at radius 1 is 1.38 bits per heavy atom. The molecule has 0 saturated carbocycles. The van der Waals surface area contributed by atoms with E-state index in [0.29, 0.717) is 5.56 Å². The first-order valence-electron chi connectivity index (χ1n) is 8.12. The number of nitrogens with one attached hydrogen (secondary N) is 1. The summed E-state index contributed by atoms with van der Waals surface area (Å²) < 4.78 is 0. The number of aryl methyl sites for hydroxylation is 1. The lowest BCUT2D eigenvalue weighted by Crippen LogP contribution is -2.13. The predicted molar refractivity (Wildman–Crippen MR) is 88.6 cm³/mol. The van der Waals surface area contributed by atoms with Gasteiger partial charge in [-0.2, -0.15) is 0 Å². The number of nitrogens with two attached hydrogens (primary N) is 1. The molecule has 1 aromatic heterocycles. The minimum atomic E-state index is -0.349. The van der Waals surface area contributed by atoms with Crippen LogP contribution in [0.4, 0.5) is 0 Å². The number of hydrogen-bond donors (Lipinski definition) is 2. The summed E-state index contributed by atoms with van der Waals surface area (Å²) in [4.78, 5) is 14.8. The van der Waals surface area contributed by atoms with Gasteiger partial charge in [0.05, 0.1) is 0 Å². The van der Waals surface area contributed by atoms with E-state index in [-0.39, 0.29) is 5.91 Å². The number of benzene rings is 1. The number of aromatic amines is 1. The van der Waals surface area contributed by atoms with Gasteiger partial charge in [0.2, 0.25) is 5.91 Å². The molecule has 1 atom stereocenters.